The van der Waals surface area contributed by atoms with Crippen molar-refractivity contribution in [3.63, 3.8) is 0 Å². The molecule has 2 nitrogen and oxygen atoms in total. The highest BCUT2D eigenvalue weighted by Gasteiger charge is 2.54. The lowest BCUT2D eigenvalue weighted by Gasteiger charge is -2.32. The summed E-state index contributed by atoms with van der Waals surface area (Å²) in [5, 5.41) is 0. The Morgan fingerprint density at radius 2 is 1.53 bits per heavy atom. The molecular formula is C12H23BO2. The van der Waals surface area contributed by atoms with Crippen molar-refractivity contribution >= 4 is 7.12 Å². The number of hydrogen-bond donors (Lipinski definition) is 0. The van der Waals surface area contributed by atoms with Crippen molar-refractivity contribution in [3.8, 4) is 0 Å². The summed E-state index contributed by atoms with van der Waals surface area (Å²) in [6.45, 7) is 10.8. The maximum atomic E-state index is 6.10. The first-order valence-electron chi connectivity index (χ1n) is 6.19. The molecular weight excluding hydrogens is 187 g/mol. The second kappa shape index (κ2) is 3.49. The highest BCUT2D eigenvalue weighted by molar-refractivity contribution is 6.47. The minimum absolute atomic E-state index is 0.0208. The normalized spacial score (nSPS) is 38.6. The fourth-order valence-electron chi connectivity index (χ4n) is 2.64. The van der Waals surface area contributed by atoms with Crippen LogP contribution in [0.15, 0.2) is 0 Å². The van der Waals surface area contributed by atoms with Gasteiger partial charge in [0.15, 0.2) is 0 Å². The molecule has 2 aliphatic rings. The molecule has 0 radical (unpaired) electrons. The van der Waals surface area contributed by atoms with Crippen LogP contribution in [0.25, 0.3) is 0 Å². The summed E-state index contributed by atoms with van der Waals surface area (Å²) >= 11 is 0. The minimum atomic E-state index is -0.167. The van der Waals surface area contributed by atoms with Crippen LogP contribution in [0, 0.1) is 5.92 Å². The van der Waals surface area contributed by atoms with E-state index in [4.69, 9.17) is 9.31 Å². The SMILES string of the molecule is C[C@H]1CCC[C@H]1B1OC(C)(C)C(C)(C)O1. The van der Waals surface area contributed by atoms with Crippen LogP contribution in [0.2, 0.25) is 5.82 Å². The van der Waals surface area contributed by atoms with E-state index >= 15 is 0 Å². The standard InChI is InChI=1S/C12H23BO2/c1-9-7-6-8-10(9)13-14-11(2,3)12(4,5)15-13/h9-10H,6-8H2,1-5H3/t9-,10+/m0/s1. The number of rotatable bonds is 1. The molecule has 1 aliphatic heterocycles. The zero-order chi connectivity index (χ0) is 11.3. The molecule has 0 spiro atoms. The summed E-state index contributed by atoms with van der Waals surface area (Å²) in [4.78, 5) is 0. The lowest BCUT2D eigenvalue weighted by molar-refractivity contribution is 0.00578. The van der Waals surface area contributed by atoms with Crippen molar-refractivity contribution in [3.05, 3.63) is 0 Å². The first-order chi connectivity index (χ1) is 6.83. The highest BCUT2D eigenvalue weighted by Crippen LogP contribution is 2.46. The molecule has 3 heteroatoms. The van der Waals surface area contributed by atoms with Crippen molar-refractivity contribution in [2.24, 2.45) is 5.92 Å². The quantitative estimate of drug-likeness (QED) is 0.618. The summed E-state index contributed by atoms with van der Waals surface area (Å²) < 4.78 is 12.2. The van der Waals surface area contributed by atoms with Crippen LogP contribution in [-0.2, 0) is 9.31 Å². The Morgan fingerprint density at radius 1 is 1.00 bits per heavy atom. The van der Waals surface area contributed by atoms with Gasteiger partial charge in [-0.15, -0.1) is 0 Å². The Kier molecular flexibility index (Phi) is 2.67. The molecule has 0 aromatic rings. The van der Waals surface area contributed by atoms with E-state index in [0.717, 1.165) is 5.92 Å². The van der Waals surface area contributed by atoms with Crippen LogP contribution in [0.1, 0.15) is 53.9 Å². The van der Waals surface area contributed by atoms with E-state index < -0.39 is 0 Å². The second-order valence-corrected chi connectivity index (χ2v) is 6.20. The lowest BCUT2D eigenvalue weighted by atomic mass is 9.67. The van der Waals surface area contributed by atoms with Gasteiger partial charge in [0.25, 0.3) is 0 Å². The smallest absolute Gasteiger partial charge is 0.403 e. The molecule has 1 aliphatic carbocycles. The van der Waals surface area contributed by atoms with Crippen molar-refractivity contribution in [2.75, 3.05) is 0 Å². The van der Waals surface area contributed by atoms with E-state index in [1.54, 1.807) is 0 Å². The van der Waals surface area contributed by atoms with E-state index in [0.29, 0.717) is 5.82 Å². The largest absolute Gasteiger partial charge is 0.461 e. The zero-order valence-corrected chi connectivity index (χ0v) is 10.7. The van der Waals surface area contributed by atoms with Gasteiger partial charge in [0.1, 0.15) is 0 Å². The van der Waals surface area contributed by atoms with Crippen LogP contribution < -0.4 is 0 Å². The van der Waals surface area contributed by atoms with Gasteiger partial charge in [-0.25, -0.2) is 0 Å². The Morgan fingerprint density at radius 3 is 1.93 bits per heavy atom. The highest BCUT2D eigenvalue weighted by atomic mass is 16.7. The van der Waals surface area contributed by atoms with Crippen LogP contribution in [0.3, 0.4) is 0 Å². The summed E-state index contributed by atoms with van der Waals surface area (Å²) in [6.07, 6.45) is 3.92. The molecule has 0 bridgehead atoms. The van der Waals surface area contributed by atoms with Gasteiger partial charge in [-0.2, -0.15) is 0 Å². The molecule has 2 atom stereocenters. The van der Waals surface area contributed by atoms with Gasteiger partial charge in [-0.3, -0.25) is 0 Å². The topological polar surface area (TPSA) is 18.5 Å². The van der Waals surface area contributed by atoms with Gasteiger partial charge < -0.3 is 9.31 Å². The predicted molar refractivity (Wildman–Crippen MR) is 62.8 cm³/mol. The number of hydrogen-bond acceptors (Lipinski definition) is 2. The van der Waals surface area contributed by atoms with Crippen molar-refractivity contribution in [1.29, 1.82) is 0 Å². The zero-order valence-electron chi connectivity index (χ0n) is 10.7. The van der Waals surface area contributed by atoms with E-state index in [1.165, 1.54) is 19.3 Å². The summed E-state index contributed by atoms with van der Waals surface area (Å²) in [5.41, 5.74) is -0.333. The lowest BCUT2D eigenvalue weighted by Crippen LogP contribution is -2.41. The third kappa shape index (κ3) is 1.85. The maximum absolute atomic E-state index is 6.10. The van der Waals surface area contributed by atoms with Gasteiger partial charge in [0, 0.05) is 0 Å². The summed E-state index contributed by atoms with van der Waals surface area (Å²) in [7, 11) is 0.0208. The average molecular weight is 210 g/mol. The van der Waals surface area contributed by atoms with Crippen LogP contribution >= 0.6 is 0 Å². The molecule has 2 fully saturated rings. The van der Waals surface area contributed by atoms with Crippen LogP contribution in [0.4, 0.5) is 0 Å². The Balaban J connectivity index is 2.09. The van der Waals surface area contributed by atoms with Crippen LogP contribution in [-0.4, -0.2) is 18.3 Å². The van der Waals surface area contributed by atoms with Gasteiger partial charge in [0.2, 0.25) is 0 Å². The maximum Gasteiger partial charge on any atom is 0.461 e. The summed E-state index contributed by atoms with van der Waals surface area (Å²) in [5.74, 6) is 1.35. The monoisotopic (exact) mass is 210 g/mol. The molecule has 1 heterocycles. The fraction of sp³-hybridized carbons (Fsp3) is 1.00. The Labute approximate surface area is 93.9 Å². The minimum Gasteiger partial charge on any atom is -0.403 e. The molecule has 0 N–H and O–H groups in total. The molecule has 86 valence electrons. The first kappa shape index (κ1) is 11.5. The fourth-order valence-corrected chi connectivity index (χ4v) is 2.64. The van der Waals surface area contributed by atoms with Crippen molar-refractivity contribution < 1.29 is 9.31 Å². The van der Waals surface area contributed by atoms with E-state index in [-0.39, 0.29) is 18.3 Å². The van der Waals surface area contributed by atoms with Gasteiger partial charge in [-0.05, 0) is 39.4 Å². The molecule has 0 aromatic heterocycles. The molecule has 0 amide bonds. The third-order valence-corrected chi connectivity index (χ3v) is 4.55. The summed E-state index contributed by atoms with van der Waals surface area (Å²) in [6, 6.07) is 0. The first-order valence-corrected chi connectivity index (χ1v) is 6.19. The molecule has 15 heavy (non-hydrogen) atoms. The van der Waals surface area contributed by atoms with Gasteiger partial charge in [0.05, 0.1) is 11.2 Å². The molecule has 2 rings (SSSR count). The second-order valence-electron chi connectivity index (χ2n) is 6.20. The van der Waals surface area contributed by atoms with Crippen LogP contribution in [0.5, 0.6) is 0 Å². The Hall–Kier alpha value is -0.0151. The molecule has 0 unspecified atom stereocenters. The van der Waals surface area contributed by atoms with Crippen molar-refractivity contribution in [2.45, 2.75) is 70.9 Å². The Bertz CT molecular complexity index is 234. The third-order valence-electron chi connectivity index (χ3n) is 4.55. The van der Waals surface area contributed by atoms with E-state index in [2.05, 4.69) is 34.6 Å². The molecule has 1 saturated heterocycles. The molecule has 1 saturated carbocycles. The van der Waals surface area contributed by atoms with E-state index in [1.807, 2.05) is 0 Å². The van der Waals surface area contributed by atoms with E-state index in [9.17, 15) is 0 Å². The molecule has 0 aromatic carbocycles. The van der Waals surface area contributed by atoms with Gasteiger partial charge in [-0.1, -0.05) is 26.2 Å². The van der Waals surface area contributed by atoms with Crippen molar-refractivity contribution in [1.82, 2.24) is 0 Å². The predicted octanol–water partition coefficient (Wildman–Crippen LogP) is 3.27. The average Bonchev–Trinajstić information content (AvgIpc) is 2.55. The van der Waals surface area contributed by atoms with Gasteiger partial charge >= 0.3 is 7.12 Å².